The Hall–Kier alpha value is -2.77. The highest BCUT2D eigenvalue weighted by molar-refractivity contribution is 9.10. The van der Waals surface area contributed by atoms with Crippen LogP contribution in [0.4, 0.5) is 10.5 Å². The predicted molar refractivity (Wildman–Crippen MR) is 124 cm³/mol. The second-order valence-electron chi connectivity index (χ2n) is 7.61. The fourth-order valence-electron chi connectivity index (χ4n) is 4.09. The van der Waals surface area contributed by atoms with Crippen molar-refractivity contribution >= 4 is 45.2 Å². The zero-order valence-corrected chi connectivity index (χ0v) is 18.9. The zero-order chi connectivity index (χ0) is 22.0. The van der Waals surface area contributed by atoms with Crippen LogP contribution in [0.3, 0.4) is 0 Å². The van der Waals surface area contributed by atoms with Crippen LogP contribution in [0.15, 0.2) is 71.5 Å². The lowest BCUT2D eigenvalue weighted by molar-refractivity contribution is -0.148. The molecule has 1 aromatic heterocycles. The molecule has 0 radical (unpaired) electrons. The summed E-state index contributed by atoms with van der Waals surface area (Å²) in [6.07, 6.45) is 5.03. The normalized spacial score (nSPS) is 18.2. The maximum absolute atomic E-state index is 13.2. The quantitative estimate of drug-likeness (QED) is 0.478. The van der Waals surface area contributed by atoms with Crippen LogP contribution < -0.4 is 5.32 Å². The Bertz CT molecular complexity index is 1100. The lowest BCUT2D eigenvalue weighted by Gasteiger charge is -2.35. The first-order valence-electron chi connectivity index (χ1n) is 9.88. The molecule has 1 atom stereocenters. The van der Waals surface area contributed by atoms with Crippen LogP contribution in [0.5, 0.6) is 0 Å². The van der Waals surface area contributed by atoms with Crippen LogP contribution >= 0.6 is 27.5 Å². The fourth-order valence-corrected chi connectivity index (χ4v) is 4.58. The Morgan fingerprint density at radius 3 is 2.52 bits per heavy atom. The molecule has 8 heteroatoms. The van der Waals surface area contributed by atoms with Gasteiger partial charge in [-0.15, -0.1) is 0 Å². The van der Waals surface area contributed by atoms with Crippen LogP contribution in [0.25, 0.3) is 5.69 Å². The van der Waals surface area contributed by atoms with Crippen LogP contribution in [-0.2, 0) is 11.2 Å². The van der Waals surface area contributed by atoms with Gasteiger partial charge in [-0.25, -0.2) is 9.59 Å². The average Bonchev–Trinajstić information content (AvgIpc) is 3.40. The van der Waals surface area contributed by atoms with E-state index in [-0.39, 0.29) is 6.42 Å². The van der Waals surface area contributed by atoms with Gasteiger partial charge in [0.05, 0.1) is 0 Å². The SMILES string of the molecule is O=C(Nc1cc(Cl)cc(-n2cccc2)c1)N1CCC[C@@]1(Cc1ccc(Br)cc1)C(=O)O. The molecular formula is C23H21BrClN3O3. The van der Waals surface area contributed by atoms with E-state index >= 15 is 0 Å². The number of carboxylic acid groups (broad SMARTS) is 1. The number of likely N-dealkylation sites (tertiary alicyclic amines) is 1. The predicted octanol–water partition coefficient (Wildman–Crippen LogP) is 5.59. The minimum atomic E-state index is -1.29. The van der Waals surface area contributed by atoms with Gasteiger partial charge in [0, 0.05) is 46.2 Å². The highest BCUT2D eigenvalue weighted by Crippen LogP contribution is 2.34. The number of amides is 2. The molecule has 2 heterocycles. The molecule has 6 nitrogen and oxygen atoms in total. The molecule has 1 aliphatic rings. The van der Waals surface area contributed by atoms with Gasteiger partial charge in [-0.3, -0.25) is 0 Å². The molecule has 31 heavy (non-hydrogen) atoms. The number of nitrogens with one attached hydrogen (secondary N) is 1. The molecule has 1 aliphatic heterocycles. The summed E-state index contributed by atoms with van der Waals surface area (Å²) in [7, 11) is 0. The number of carbonyl (C=O) groups excluding carboxylic acids is 1. The minimum Gasteiger partial charge on any atom is -0.479 e. The molecule has 0 bridgehead atoms. The Kier molecular flexibility index (Phi) is 6.07. The van der Waals surface area contributed by atoms with Gasteiger partial charge in [0.15, 0.2) is 0 Å². The molecule has 0 saturated carbocycles. The first-order valence-corrected chi connectivity index (χ1v) is 11.0. The van der Waals surface area contributed by atoms with Crippen molar-refractivity contribution in [1.82, 2.24) is 9.47 Å². The van der Waals surface area contributed by atoms with E-state index in [1.54, 1.807) is 18.2 Å². The van der Waals surface area contributed by atoms with Crippen molar-refractivity contribution in [3.05, 3.63) is 82.0 Å². The molecule has 1 fully saturated rings. The lowest BCUT2D eigenvalue weighted by Crippen LogP contribution is -2.55. The number of nitrogens with zero attached hydrogens (tertiary/aromatic N) is 2. The Balaban J connectivity index is 1.59. The highest BCUT2D eigenvalue weighted by Gasteiger charge is 2.50. The number of aliphatic carboxylic acids is 1. The summed E-state index contributed by atoms with van der Waals surface area (Å²) in [6.45, 7) is 0.375. The second kappa shape index (κ2) is 8.77. The van der Waals surface area contributed by atoms with E-state index in [4.69, 9.17) is 11.6 Å². The topological polar surface area (TPSA) is 74.6 Å². The molecule has 2 amide bonds. The van der Waals surface area contributed by atoms with E-state index in [9.17, 15) is 14.7 Å². The van der Waals surface area contributed by atoms with Gasteiger partial charge in [0.1, 0.15) is 5.54 Å². The molecule has 0 aliphatic carbocycles. The number of carboxylic acids is 1. The van der Waals surface area contributed by atoms with Gasteiger partial charge >= 0.3 is 12.0 Å². The molecule has 3 aromatic rings. The third kappa shape index (κ3) is 4.48. The number of halogens is 2. The van der Waals surface area contributed by atoms with Crippen molar-refractivity contribution in [2.24, 2.45) is 0 Å². The van der Waals surface area contributed by atoms with E-state index in [0.717, 1.165) is 15.7 Å². The van der Waals surface area contributed by atoms with Gasteiger partial charge in [-0.1, -0.05) is 39.7 Å². The Labute approximate surface area is 193 Å². The highest BCUT2D eigenvalue weighted by atomic mass is 79.9. The largest absolute Gasteiger partial charge is 0.479 e. The number of urea groups is 1. The summed E-state index contributed by atoms with van der Waals surface area (Å²) in [5, 5.41) is 13.4. The molecule has 2 N–H and O–H groups in total. The van der Waals surface area contributed by atoms with Crippen molar-refractivity contribution in [1.29, 1.82) is 0 Å². The van der Waals surface area contributed by atoms with Gasteiger partial charge in [-0.2, -0.15) is 0 Å². The van der Waals surface area contributed by atoms with Crippen LogP contribution in [-0.4, -0.2) is 38.7 Å². The maximum atomic E-state index is 13.2. The van der Waals surface area contributed by atoms with Gasteiger partial charge in [0.25, 0.3) is 0 Å². The summed E-state index contributed by atoms with van der Waals surface area (Å²) in [6, 6.07) is 16.1. The minimum absolute atomic E-state index is 0.243. The molecule has 160 valence electrons. The van der Waals surface area contributed by atoms with E-state index in [2.05, 4.69) is 21.2 Å². The lowest BCUT2D eigenvalue weighted by atomic mass is 9.88. The zero-order valence-electron chi connectivity index (χ0n) is 16.6. The smallest absolute Gasteiger partial charge is 0.330 e. The summed E-state index contributed by atoms with van der Waals surface area (Å²) >= 11 is 9.66. The average molecular weight is 503 g/mol. The van der Waals surface area contributed by atoms with Crippen LogP contribution in [0.2, 0.25) is 5.02 Å². The molecular weight excluding hydrogens is 482 g/mol. The summed E-state index contributed by atoms with van der Waals surface area (Å²) in [4.78, 5) is 27.0. The molecule has 0 unspecified atom stereocenters. The number of hydrogen-bond donors (Lipinski definition) is 2. The van der Waals surface area contributed by atoms with Gasteiger partial charge in [-0.05, 0) is 60.9 Å². The monoisotopic (exact) mass is 501 g/mol. The van der Waals surface area contributed by atoms with Gasteiger partial charge in [0.2, 0.25) is 0 Å². The molecule has 2 aromatic carbocycles. The molecule has 0 spiro atoms. The van der Waals surface area contributed by atoms with Crippen molar-refractivity contribution in [3.63, 3.8) is 0 Å². The Morgan fingerprint density at radius 1 is 1.13 bits per heavy atom. The number of aromatic nitrogens is 1. The third-order valence-electron chi connectivity index (χ3n) is 5.58. The number of rotatable bonds is 5. The first kappa shape index (κ1) is 21.5. The number of hydrogen-bond acceptors (Lipinski definition) is 2. The third-order valence-corrected chi connectivity index (χ3v) is 6.33. The van der Waals surface area contributed by atoms with E-state index in [1.165, 1.54) is 4.90 Å². The van der Waals surface area contributed by atoms with Crippen LogP contribution in [0, 0.1) is 0 Å². The second-order valence-corrected chi connectivity index (χ2v) is 8.97. The number of carbonyl (C=O) groups is 2. The number of anilines is 1. The fraction of sp³-hybridized carbons (Fsp3) is 0.217. The van der Waals surface area contributed by atoms with Crippen LogP contribution in [0.1, 0.15) is 18.4 Å². The standard InChI is InChI=1S/C23H21BrClN3O3/c24-17-6-4-16(5-7-17)15-23(21(29)30)8-3-11-28(23)22(31)26-19-12-18(25)13-20(14-19)27-9-1-2-10-27/h1-2,4-7,9-10,12-14H,3,8,11,15H2,(H,26,31)(H,29,30)/t23-/m1/s1. The summed E-state index contributed by atoms with van der Waals surface area (Å²) in [5.41, 5.74) is 0.882. The van der Waals surface area contributed by atoms with Crippen molar-refractivity contribution in [3.8, 4) is 5.69 Å². The van der Waals surface area contributed by atoms with Crippen molar-refractivity contribution in [2.75, 3.05) is 11.9 Å². The van der Waals surface area contributed by atoms with E-state index in [1.807, 2.05) is 53.4 Å². The summed E-state index contributed by atoms with van der Waals surface area (Å²) < 4.78 is 2.80. The molecule has 4 rings (SSSR count). The Morgan fingerprint density at radius 2 is 1.84 bits per heavy atom. The number of benzene rings is 2. The summed E-state index contributed by atoms with van der Waals surface area (Å²) in [5.74, 6) is -0.998. The van der Waals surface area contributed by atoms with Crippen molar-refractivity contribution < 1.29 is 14.7 Å². The first-order chi connectivity index (χ1) is 14.9. The van der Waals surface area contributed by atoms with Gasteiger partial charge < -0.3 is 19.9 Å². The van der Waals surface area contributed by atoms with E-state index < -0.39 is 17.5 Å². The maximum Gasteiger partial charge on any atom is 0.330 e. The van der Waals surface area contributed by atoms with Crippen molar-refractivity contribution in [2.45, 2.75) is 24.8 Å². The van der Waals surface area contributed by atoms with E-state index in [0.29, 0.717) is 30.1 Å². The molecule has 1 saturated heterocycles.